The van der Waals surface area contributed by atoms with Crippen molar-refractivity contribution in [1.29, 1.82) is 5.26 Å². The third-order valence-corrected chi connectivity index (χ3v) is 1.16. The summed E-state index contributed by atoms with van der Waals surface area (Å²) in [5, 5.41) is 8.23. The molecule has 4 heteroatoms. The Balaban J connectivity index is 2.55. The highest BCUT2D eigenvalue weighted by Gasteiger charge is 2.01. The van der Waals surface area contributed by atoms with Crippen molar-refractivity contribution in [3.8, 4) is 5.97 Å². The molecular weight excluding hydrogens is 113 g/mol. The van der Waals surface area contributed by atoms with Gasteiger partial charge in [-0.2, -0.15) is 0 Å². The second-order valence-corrected chi connectivity index (χ2v) is 1.82. The van der Waals surface area contributed by atoms with Gasteiger partial charge in [0.25, 0.3) is 0 Å². The number of rotatable bonds is 1. The lowest BCUT2D eigenvalue weighted by atomic mass is 9.95. The topological polar surface area (TPSA) is 40.6 Å². The second-order valence-electron chi connectivity index (χ2n) is 1.82. The molecule has 0 bridgehead atoms. The smallest absolute Gasteiger partial charge is 0.144 e. The van der Waals surface area contributed by atoms with Crippen LogP contribution in [0.3, 0.4) is 0 Å². The molecule has 1 unspecified atom stereocenters. The molecule has 44 valence electrons. The van der Waals surface area contributed by atoms with Crippen LogP contribution < -0.4 is 4.81 Å². The number of hydrogen-bond acceptors (Lipinski definition) is 2. The lowest BCUT2D eigenvalue weighted by Crippen LogP contribution is -3.09. The van der Waals surface area contributed by atoms with Gasteiger partial charge in [-0.25, -0.2) is 10.3 Å². The van der Waals surface area contributed by atoms with E-state index in [9.17, 15) is 0 Å². The summed E-state index contributed by atoms with van der Waals surface area (Å²) in [5.41, 5.74) is 1.05. The van der Waals surface area contributed by atoms with Crippen molar-refractivity contribution in [3.05, 3.63) is 11.9 Å². The van der Waals surface area contributed by atoms with Gasteiger partial charge in [0.1, 0.15) is 13.8 Å². The summed E-state index contributed by atoms with van der Waals surface area (Å²) < 4.78 is 0. The first-order valence-corrected chi connectivity index (χ1v) is 2.64. The Morgan fingerprint density at radius 2 is 2.67 bits per heavy atom. The van der Waals surface area contributed by atoms with Gasteiger partial charge in [0.15, 0.2) is 0 Å². The van der Waals surface area contributed by atoms with Crippen LogP contribution in [0.15, 0.2) is 16.9 Å². The van der Waals surface area contributed by atoms with Gasteiger partial charge in [-0.05, 0) is 0 Å². The summed E-state index contributed by atoms with van der Waals surface area (Å²) in [4.78, 5) is 4.77. The van der Waals surface area contributed by atoms with Crippen LogP contribution >= 0.6 is 0 Å². The zero-order valence-electron chi connectivity index (χ0n) is 5.13. The van der Waals surface area contributed by atoms with E-state index in [1.165, 1.54) is 7.41 Å². The summed E-state index contributed by atoms with van der Waals surface area (Å²) >= 11 is 0. The fourth-order valence-corrected chi connectivity index (χ4v) is 0.626. The molecular formula is C5H6BN3. The van der Waals surface area contributed by atoms with Crippen molar-refractivity contribution in [2.45, 2.75) is 6.92 Å². The van der Waals surface area contributed by atoms with Crippen molar-refractivity contribution in [1.82, 2.24) is 0 Å². The quantitative estimate of drug-likeness (QED) is 0.436. The van der Waals surface area contributed by atoms with Crippen molar-refractivity contribution >= 4 is 13.8 Å². The molecule has 0 fully saturated rings. The molecule has 0 spiro atoms. The van der Waals surface area contributed by atoms with Gasteiger partial charge in [0.05, 0.1) is 11.9 Å². The second kappa shape index (κ2) is 2.47. The van der Waals surface area contributed by atoms with E-state index < -0.39 is 0 Å². The maximum atomic E-state index is 8.23. The number of quaternary nitrogens is 1. The minimum Gasteiger partial charge on any atom is -0.483 e. The minimum atomic E-state index is 0.914. The van der Waals surface area contributed by atoms with Crippen LogP contribution in [-0.4, -0.2) is 13.8 Å². The lowest BCUT2D eigenvalue weighted by Gasteiger charge is -2.15. The molecule has 0 aromatic rings. The molecule has 0 amide bonds. The molecule has 1 heterocycles. The molecule has 0 aromatic carbocycles. The zero-order valence-corrected chi connectivity index (χ0v) is 5.13. The minimum absolute atomic E-state index is 0.914. The first-order chi connectivity index (χ1) is 4.34. The van der Waals surface area contributed by atoms with Gasteiger partial charge in [-0.3, -0.25) is 0 Å². The zero-order chi connectivity index (χ0) is 6.69. The predicted molar refractivity (Wildman–Crippen MR) is 34.6 cm³/mol. The molecule has 1 N–H and O–H groups in total. The average Bonchev–Trinajstić information content (AvgIpc) is 2.18. The molecule has 0 saturated heterocycles. The normalized spacial score (nSPS) is 23.6. The molecule has 0 aromatic heterocycles. The van der Waals surface area contributed by atoms with Crippen LogP contribution in [0, 0.1) is 11.2 Å². The monoisotopic (exact) mass is 119 g/mol. The molecule has 1 atom stereocenters. The van der Waals surface area contributed by atoms with Crippen LogP contribution in [0.4, 0.5) is 0 Å². The molecule has 2 radical (unpaired) electrons. The Morgan fingerprint density at radius 1 is 1.89 bits per heavy atom. The first kappa shape index (κ1) is 6.05. The van der Waals surface area contributed by atoms with Crippen LogP contribution in [-0.2, 0) is 0 Å². The molecule has 9 heavy (non-hydrogen) atoms. The van der Waals surface area contributed by atoms with Crippen LogP contribution in [0.1, 0.15) is 6.92 Å². The van der Waals surface area contributed by atoms with Gasteiger partial charge < -0.3 is 4.81 Å². The summed E-state index contributed by atoms with van der Waals surface area (Å²) in [7, 11) is 1.49. The Hall–Kier alpha value is -1.08. The third kappa shape index (κ3) is 1.18. The van der Waals surface area contributed by atoms with Crippen molar-refractivity contribution < 1.29 is 4.81 Å². The third-order valence-electron chi connectivity index (χ3n) is 1.16. The number of hydrogen-bond donors (Lipinski definition) is 1. The lowest BCUT2D eigenvalue weighted by molar-refractivity contribution is -0.614. The summed E-state index contributed by atoms with van der Waals surface area (Å²) in [6, 6.07) is 0. The molecule has 0 saturated carbocycles. The van der Waals surface area contributed by atoms with Crippen molar-refractivity contribution in [2.24, 2.45) is 4.99 Å². The van der Waals surface area contributed by atoms with Crippen LogP contribution in [0.2, 0.25) is 0 Å². The van der Waals surface area contributed by atoms with Crippen LogP contribution in [0.25, 0.3) is 0 Å². The van der Waals surface area contributed by atoms with E-state index in [-0.39, 0.29) is 0 Å². The molecule has 0 aliphatic carbocycles. The van der Waals surface area contributed by atoms with E-state index in [1.54, 1.807) is 12.5 Å². The van der Waals surface area contributed by atoms with Gasteiger partial charge in [-0.1, -0.05) is 0 Å². The summed E-state index contributed by atoms with van der Waals surface area (Å²) in [6.45, 7) is 1.93. The predicted octanol–water partition coefficient (Wildman–Crippen LogP) is -1.13. The van der Waals surface area contributed by atoms with E-state index >= 15 is 0 Å². The Morgan fingerprint density at radius 3 is 3.11 bits per heavy atom. The van der Waals surface area contributed by atoms with Crippen molar-refractivity contribution in [2.75, 3.05) is 0 Å². The van der Waals surface area contributed by atoms with Gasteiger partial charge in [0.2, 0.25) is 0 Å². The molecule has 1 rings (SSSR count). The average molecular weight is 119 g/mol. The number of nitrogens with one attached hydrogen (secondary N) is 1. The summed E-state index contributed by atoms with van der Waals surface area (Å²) in [5.74, 6) is 1.95. The van der Waals surface area contributed by atoms with E-state index in [4.69, 9.17) is 5.26 Å². The Kier molecular flexibility index (Phi) is 1.66. The molecule has 1 aliphatic heterocycles. The van der Waals surface area contributed by atoms with E-state index in [2.05, 4.69) is 4.99 Å². The van der Waals surface area contributed by atoms with E-state index in [0.717, 1.165) is 10.5 Å². The summed E-state index contributed by atoms with van der Waals surface area (Å²) in [6.07, 6.45) is 3.42. The number of nitriles is 1. The van der Waals surface area contributed by atoms with Gasteiger partial charge in [0, 0.05) is 6.92 Å². The highest BCUT2D eigenvalue weighted by molar-refractivity contribution is 6.37. The highest BCUT2D eigenvalue weighted by Crippen LogP contribution is 1.83. The Bertz CT molecular complexity index is 201. The van der Waals surface area contributed by atoms with Gasteiger partial charge in [-0.15, -0.1) is 5.97 Å². The van der Waals surface area contributed by atoms with Gasteiger partial charge >= 0.3 is 0 Å². The molecule has 3 nitrogen and oxygen atoms in total. The maximum absolute atomic E-state index is 8.23. The van der Waals surface area contributed by atoms with Crippen molar-refractivity contribution in [3.63, 3.8) is 0 Å². The fraction of sp³-hybridized carbons (Fsp3) is 0.200. The number of nitrogens with zero attached hydrogens (tertiary/aromatic N) is 2. The highest BCUT2D eigenvalue weighted by atomic mass is 15.1. The standard InChI is InChI=1S/C5H6BN3/c1-5-2-8-4-9(5)6-3-7/h2,4,9H,1H3. The molecule has 1 aliphatic rings. The van der Waals surface area contributed by atoms with E-state index in [1.807, 2.05) is 12.9 Å². The Labute approximate surface area is 54.6 Å². The number of allylic oxidation sites excluding steroid dienone is 1. The SMILES string of the molecule is CC1=CN=C[NH+]1[B-]C#N. The fourth-order valence-electron chi connectivity index (χ4n) is 0.626. The number of aliphatic imine (C=N–C) groups is 1. The maximum Gasteiger partial charge on any atom is 0.144 e. The first-order valence-electron chi connectivity index (χ1n) is 2.64. The van der Waals surface area contributed by atoms with E-state index in [0.29, 0.717) is 0 Å². The van der Waals surface area contributed by atoms with Crippen LogP contribution in [0.5, 0.6) is 0 Å². The largest absolute Gasteiger partial charge is 0.483 e.